The maximum Gasteiger partial charge on any atom is 0.225 e. The first-order valence-electron chi connectivity index (χ1n) is 8.02. The molecule has 0 aromatic carbocycles. The van der Waals surface area contributed by atoms with E-state index in [2.05, 4.69) is 20.3 Å². The number of hydrogen-bond donors (Lipinski definition) is 1. The number of hydrogen-bond acceptors (Lipinski definition) is 5. The molecule has 0 bridgehead atoms. The van der Waals surface area contributed by atoms with Crippen LogP contribution in [0.5, 0.6) is 0 Å². The molecule has 0 saturated heterocycles. The predicted octanol–water partition coefficient (Wildman–Crippen LogP) is 2.31. The number of anilines is 1. The molecule has 1 N–H and O–H groups in total. The monoisotopic (exact) mass is 327 g/mol. The number of rotatable bonds is 5. The molecule has 1 amide bonds. The molecule has 24 heavy (non-hydrogen) atoms. The summed E-state index contributed by atoms with van der Waals surface area (Å²) in [5, 5.41) is 2.95. The van der Waals surface area contributed by atoms with Crippen LogP contribution in [0.4, 0.5) is 5.82 Å². The zero-order valence-electron chi connectivity index (χ0n) is 15.0. The van der Waals surface area contributed by atoms with E-state index in [0.29, 0.717) is 18.8 Å². The summed E-state index contributed by atoms with van der Waals surface area (Å²) in [6.45, 7) is 6.24. The standard InChI is InChI=1S/C18H25N5O/c1-18(2,3)17(24)20-11-9-13-12-15(23(4)5)22-16(21-13)14-8-6-7-10-19-14/h6-8,10,12H,9,11H2,1-5H3,(H,20,24). The normalized spacial score (nSPS) is 11.2. The van der Waals surface area contributed by atoms with E-state index in [1.54, 1.807) is 6.20 Å². The number of carbonyl (C=O) groups is 1. The minimum Gasteiger partial charge on any atom is -0.363 e. The van der Waals surface area contributed by atoms with Crippen molar-refractivity contribution < 1.29 is 4.79 Å². The van der Waals surface area contributed by atoms with Gasteiger partial charge in [-0.1, -0.05) is 26.8 Å². The van der Waals surface area contributed by atoms with Gasteiger partial charge in [0.1, 0.15) is 11.5 Å². The minimum absolute atomic E-state index is 0.0364. The van der Waals surface area contributed by atoms with E-state index < -0.39 is 0 Å². The molecule has 2 aromatic heterocycles. The number of nitrogens with one attached hydrogen (secondary N) is 1. The summed E-state index contributed by atoms with van der Waals surface area (Å²) >= 11 is 0. The molecule has 6 heteroatoms. The number of nitrogens with zero attached hydrogens (tertiary/aromatic N) is 4. The first kappa shape index (κ1) is 17.8. The second-order valence-electron chi connectivity index (χ2n) is 6.91. The highest BCUT2D eigenvalue weighted by Gasteiger charge is 2.20. The Bertz CT molecular complexity index is 692. The van der Waals surface area contributed by atoms with Gasteiger partial charge >= 0.3 is 0 Å². The fourth-order valence-corrected chi connectivity index (χ4v) is 2.02. The highest BCUT2D eigenvalue weighted by molar-refractivity contribution is 5.81. The van der Waals surface area contributed by atoms with Crippen molar-refractivity contribution in [2.24, 2.45) is 5.41 Å². The van der Waals surface area contributed by atoms with Crippen LogP contribution in [0.25, 0.3) is 11.5 Å². The molecule has 6 nitrogen and oxygen atoms in total. The molecular weight excluding hydrogens is 302 g/mol. The van der Waals surface area contributed by atoms with Crippen LogP contribution in [-0.4, -0.2) is 41.5 Å². The molecule has 2 heterocycles. The summed E-state index contributed by atoms with van der Waals surface area (Å²) in [7, 11) is 3.88. The number of aromatic nitrogens is 3. The van der Waals surface area contributed by atoms with E-state index in [4.69, 9.17) is 0 Å². The van der Waals surface area contributed by atoms with Crippen molar-refractivity contribution in [2.75, 3.05) is 25.5 Å². The molecule has 2 rings (SSSR count). The van der Waals surface area contributed by atoms with Crippen LogP contribution < -0.4 is 10.2 Å². The fourth-order valence-electron chi connectivity index (χ4n) is 2.02. The zero-order chi connectivity index (χ0) is 17.7. The smallest absolute Gasteiger partial charge is 0.225 e. The Morgan fingerprint density at radius 2 is 1.96 bits per heavy atom. The third kappa shape index (κ3) is 4.75. The first-order chi connectivity index (χ1) is 11.3. The topological polar surface area (TPSA) is 71.0 Å². The molecule has 0 fully saturated rings. The first-order valence-corrected chi connectivity index (χ1v) is 8.02. The second kappa shape index (κ2) is 7.38. The van der Waals surface area contributed by atoms with Crippen LogP contribution in [-0.2, 0) is 11.2 Å². The number of pyridine rings is 1. The SMILES string of the molecule is CN(C)c1cc(CCNC(=O)C(C)(C)C)nc(-c2ccccn2)n1. The predicted molar refractivity (Wildman–Crippen MR) is 95.8 cm³/mol. The largest absolute Gasteiger partial charge is 0.363 e. The summed E-state index contributed by atoms with van der Waals surface area (Å²) in [4.78, 5) is 27.4. The van der Waals surface area contributed by atoms with Crippen molar-refractivity contribution in [2.45, 2.75) is 27.2 Å². The third-order valence-corrected chi connectivity index (χ3v) is 3.47. The van der Waals surface area contributed by atoms with Crippen LogP contribution in [0.3, 0.4) is 0 Å². The van der Waals surface area contributed by atoms with Gasteiger partial charge < -0.3 is 10.2 Å². The average molecular weight is 327 g/mol. The number of amides is 1. The van der Waals surface area contributed by atoms with Crippen LogP contribution in [0.15, 0.2) is 30.5 Å². The molecule has 0 atom stereocenters. The third-order valence-electron chi connectivity index (χ3n) is 3.47. The van der Waals surface area contributed by atoms with Crippen LogP contribution in [0, 0.1) is 5.41 Å². The fraction of sp³-hybridized carbons (Fsp3) is 0.444. The van der Waals surface area contributed by atoms with Gasteiger partial charge in [-0.3, -0.25) is 9.78 Å². The molecule has 0 aliphatic heterocycles. The van der Waals surface area contributed by atoms with Crippen molar-refractivity contribution in [3.63, 3.8) is 0 Å². The van der Waals surface area contributed by atoms with Gasteiger partial charge in [-0.15, -0.1) is 0 Å². The summed E-state index contributed by atoms with van der Waals surface area (Å²) < 4.78 is 0. The highest BCUT2D eigenvalue weighted by atomic mass is 16.2. The summed E-state index contributed by atoms with van der Waals surface area (Å²) in [5.74, 6) is 1.45. The van der Waals surface area contributed by atoms with Gasteiger partial charge in [0.05, 0.1) is 0 Å². The Morgan fingerprint density at radius 3 is 2.54 bits per heavy atom. The lowest BCUT2D eigenvalue weighted by atomic mass is 9.96. The van der Waals surface area contributed by atoms with E-state index >= 15 is 0 Å². The van der Waals surface area contributed by atoms with Crippen molar-refractivity contribution in [1.82, 2.24) is 20.3 Å². The maximum absolute atomic E-state index is 12.0. The zero-order valence-corrected chi connectivity index (χ0v) is 15.0. The molecule has 0 unspecified atom stereocenters. The van der Waals surface area contributed by atoms with E-state index in [0.717, 1.165) is 17.2 Å². The molecule has 2 aromatic rings. The lowest BCUT2D eigenvalue weighted by Crippen LogP contribution is -2.36. The van der Waals surface area contributed by atoms with Crippen LogP contribution >= 0.6 is 0 Å². The van der Waals surface area contributed by atoms with Gasteiger partial charge in [-0.2, -0.15) is 0 Å². The molecule has 128 valence electrons. The second-order valence-corrected chi connectivity index (χ2v) is 6.91. The van der Waals surface area contributed by atoms with E-state index in [1.165, 1.54) is 0 Å². The minimum atomic E-state index is -0.389. The van der Waals surface area contributed by atoms with E-state index in [1.807, 2.05) is 64.0 Å². The molecule has 0 saturated carbocycles. The molecule has 0 radical (unpaired) electrons. The molecule has 0 aliphatic carbocycles. The van der Waals surface area contributed by atoms with Crippen molar-refractivity contribution in [1.29, 1.82) is 0 Å². The van der Waals surface area contributed by atoms with Gasteiger partial charge in [-0.25, -0.2) is 9.97 Å². The summed E-state index contributed by atoms with van der Waals surface area (Å²) in [6.07, 6.45) is 2.37. The van der Waals surface area contributed by atoms with Crippen molar-refractivity contribution >= 4 is 11.7 Å². The molecule has 0 spiro atoms. The van der Waals surface area contributed by atoms with Gasteiger partial charge in [-0.05, 0) is 12.1 Å². The van der Waals surface area contributed by atoms with Gasteiger partial charge in [0.25, 0.3) is 0 Å². The lowest BCUT2D eigenvalue weighted by Gasteiger charge is -2.18. The van der Waals surface area contributed by atoms with E-state index in [9.17, 15) is 4.79 Å². The van der Waals surface area contributed by atoms with Crippen LogP contribution in [0.1, 0.15) is 26.5 Å². The Hall–Kier alpha value is -2.50. The average Bonchev–Trinajstić information content (AvgIpc) is 2.54. The summed E-state index contributed by atoms with van der Waals surface area (Å²) in [6, 6.07) is 7.61. The number of carbonyl (C=O) groups excluding carboxylic acids is 1. The Labute approximate surface area is 143 Å². The van der Waals surface area contributed by atoms with Crippen molar-refractivity contribution in [3.05, 3.63) is 36.2 Å². The van der Waals surface area contributed by atoms with Gasteiger partial charge in [0.15, 0.2) is 5.82 Å². The van der Waals surface area contributed by atoms with Crippen LogP contribution in [0.2, 0.25) is 0 Å². The Kier molecular flexibility index (Phi) is 5.49. The van der Waals surface area contributed by atoms with Crippen molar-refractivity contribution in [3.8, 4) is 11.5 Å². The van der Waals surface area contributed by atoms with Gasteiger partial charge in [0, 0.05) is 50.4 Å². The Morgan fingerprint density at radius 1 is 1.21 bits per heavy atom. The van der Waals surface area contributed by atoms with E-state index in [-0.39, 0.29) is 11.3 Å². The highest BCUT2D eigenvalue weighted by Crippen LogP contribution is 2.18. The lowest BCUT2D eigenvalue weighted by molar-refractivity contribution is -0.128. The summed E-state index contributed by atoms with van der Waals surface area (Å²) in [5.41, 5.74) is 1.23. The van der Waals surface area contributed by atoms with Gasteiger partial charge in [0.2, 0.25) is 5.91 Å². The quantitative estimate of drug-likeness (QED) is 0.912. The Balaban J connectivity index is 2.17. The molecule has 0 aliphatic rings. The maximum atomic E-state index is 12.0. The molecular formula is C18H25N5O.